The van der Waals surface area contributed by atoms with Gasteiger partial charge in [-0.15, -0.1) is 10.2 Å². The molecule has 0 saturated heterocycles. The van der Waals surface area contributed by atoms with Gasteiger partial charge in [0.05, 0.1) is 5.69 Å². The number of aromatic nitrogens is 3. The number of hydrogen-bond acceptors (Lipinski definition) is 6. The molecule has 1 N–H and O–H groups in total. The van der Waals surface area contributed by atoms with E-state index in [1.165, 1.54) is 38.5 Å². The number of rotatable bonds is 4. The Morgan fingerprint density at radius 2 is 1.85 bits per heavy atom. The van der Waals surface area contributed by atoms with Crippen molar-refractivity contribution in [3.63, 3.8) is 0 Å². The highest BCUT2D eigenvalue weighted by atomic mass is 32.1. The van der Waals surface area contributed by atoms with Crippen molar-refractivity contribution < 1.29 is 9.32 Å². The third kappa shape index (κ3) is 2.51. The Hall–Kier alpha value is -1.76. The summed E-state index contributed by atoms with van der Waals surface area (Å²) in [5.74, 6) is 2.96. The molecule has 4 bridgehead atoms. The van der Waals surface area contributed by atoms with Gasteiger partial charge in [0.25, 0.3) is 5.91 Å². The third-order valence-corrected chi connectivity index (χ3v) is 7.72. The van der Waals surface area contributed by atoms with Gasteiger partial charge in [-0.1, -0.05) is 23.4 Å². The molecule has 138 valence electrons. The van der Waals surface area contributed by atoms with E-state index in [-0.39, 0.29) is 11.3 Å². The molecule has 6 rings (SSSR count). The average molecular weight is 372 g/mol. The first-order valence-electron chi connectivity index (χ1n) is 9.67. The standard InChI is InChI=1S/C19H24N4O2S/c1-3-14-15(10(2)25-23-14)16(24)20-18-22-21-17(26-18)19-7-11-4-12(8-19)6-13(5-11)9-19/h11-13H,3-9H2,1-2H3,(H,20,22,24). The SMILES string of the molecule is CCc1noc(C)c1C(=O)Nc1nnc(C23CC4CC(CC(C4)C2)C3)s1. The minimum Gasteiger partial charge on any atom is -0.361 e. The normalized spacial score (nSPS) is 32.2. The predicted molar refractivity (Wildman–Crippen MR) is 98.3 cm³/mol. The number of carbonyl (C=O) groups excluding carboxylic acids is 1. The predicted octanol–water partition coefficient (Wildman–Crippen LogP) is 4.12. The number of amides is 1. The molecule has 0 spiro atoms. The van der Waals surface area contributed by atoms with E-state index in [4.69, 9.17) is 4.52 Å². The second kappa shape index (κ2) is 5.87. The van der Waals surface area contributed by atoms with E-state index >= 15 is 0 Å². The van der Waals surface area contributed by atoms with E-state index in [1.807, 2.05) is 6.92 Å². The first-order chi connectivity index (χ1) is 12.6. The topological polar surface area (TPSA) is 80.9 Å². The second-order valence-electron chi connectivity index (χ2n) is 8.48. The monoisotopic (exact) mass is 372 g/mol. The summed E-state index contributed by atoms with van der Waals surface area (Å²) in [4.78, 5) is 12.7. The largest absolute Gasteiger partial charge is 0.361 e. The highest BCUT2D eigenvalue weighted by molar-refractivity contribution is 7.15. The minimum atomic E-state index is -0.200. The van der Waals surface area contributed by atoms with Crippen molar-refractivity contribution in [3.8, 4) is 0 Å². The van der Waals surface area contributed by atoms with Crippen LogP contribution in [0.4, 0.5) is 5.13 Å². The van der Waals surface area contributed by atoms with Crippen molar-refractivity contribution in [2.45, 2.75) is 64.2 Å². The number of nitrogens with one attached hydrogen (secondary N) is 1. The molecule has 4 aliphatic carbocycles. The summed E-state index contributed by atoms with van der Waals surface area (Å²) in [5, 5.41) is 17.4. The number of carbonyl (C=O) groups is 1. The summed E-state index contributed by atoms with van der Waals surface area (Å²) < 4.78 is 5.17. The van der Waals surface area contributed by atoms with E-state index in [0.717, 1.165) is 22.8 Å². The van der Waals surface area contributed by atoms with Crippen LogP contribution >= 0.6 is 11.3 Å². The van der Waals surface area contributed by atoms with Gasteiger partial charge in [0.15, 0.2) is 0 Å². The van der Waals surface area contributed by atoms with Gasteiger partial charge >= 0.3 is 0 Å². The second-order valence-corrected chi connectivity index (χ2v) is 9.46. The molecule has 2 aromatic rings. The van der Waals surface area contributed by atoms with Gasteiger partial charge in [0.2, 0.25) is 5.13 Å². The molecule has 2 aromatic heterocycles. The number of nitrogens with zero attached hydrogens (tertiary/aromatic N) is 3. The van der Waals surface area contributed by atoms with E-state index < -0.39 is 0 Å². The Bertz CT molecular complexity index is 820. The molecule has 0 radical (unpaired) electrons. The van der Waals surface area contributed by atoms with Crippen LogP contribution in [0.15, 0.2) is 4.52 Å². The lowest BCUT2D eigenvalue weighted by Crippen LogP contribution is -2.48. The Balaban J connectivity index is 1.38. The molecule has 7 heteroatoms. The third-order valence-electron chi connectivity index (χ3n) is 6.63. The first-order valence-corrected chi connectivity index (χ1v) is 10.5. The summed E-state index contributed by atoms with van der Waals surface area (Å²) in [5.41, 5.74) is 1.43. The summed E-state index contributed by atoms with van der Waals surface area (Å²) in [6, 6.07) is 0. The van der Waals surface area contributed by atoms with Crippen LogP contribution in [-0.2, 0) is 11.8 Å². The molecule has 4 saturated carbocycles. The molecular formula is C19H24N4O2S. The fourth-order valence-electron chi connectivity index (χ4n) is 5.97. The Morgan fingerprint density at radius 3 is 2.46 bits per heavy atom. The molecule has 0 aromatic carbocycles. The summed E-state index contributed by atoms with van der Waals surface area (Å²) >= 11 is 1.56. The van der Waals surface area contributed by atoms with Crippen molar-refractivity contribution in [3.05, 3.63) is 22.0 Å². The zero-order chi connectivity index (χ0) is 17.9. The lowest BCUT2D eigenvalue weighted by atomic mass is 9.50. The quantitative estimate of drug-likeness (QED) is 0.873. The molecule has 0 atom stereocenters. The van der Waals surface area contributed by atoms with Crippen LogP contribution in [0, 0.1) is 24.7 Å². The van der Waals surface area contributed by atoms with Gasteiger partial charge in [-0.05, 0) is 69.6 Å². The van der Waals surface area contributed by atoms with Crippen LogP contribution in [0.5, 0.6) is 0 Å². The minimum absolute atomic E-state index is 0.200. The van der Waals surface area contributed by atoms with Crippen molar-refractivity contribution in [2.24, 2.45) is 17.8 Å². The van der Waals surface area contributed by atoms with E-state index in [2.05, 4.69) is 20.7 Å². The molecular weight excluding hydrogens is 348 g/mol. The Kier molecular flexibility index (Phi) is 3.71. The number of aryl methyl sites for hydroxylation is 2. The van der Waals surface area contributed by atoms with Gasteiger partial charge < -0.3 is 4.52 Å². The maximum absolute atomic E-state index is 12.7. The average Bonchev–Trinajstić information content (AvgIpc) is 3.20. The van der Waals surface area contributed by atoms with E-state index in [1.54, 1.807) is 18.3 Å². The van der Waals surface area contributed by atoms with Crippen LogP contribution in [0.1, 0.15) is 72.3 Å². The van der Waals surface area contributed by atoms with Crippen molar-refractivity contribution in [1.82, 2.24) is 15.4 Å². The maximum Gasteiger partial charge on any atom is 0.263 e. The van der Waals surface area contributed by atoms with Crippen LogP contribution in [0.3, 0.4) is 0 Å². The van der Waals surface area contributed by atoms with Gasteiger partial charge in [-0.2, -0.15) is 0 Å². The molecule has 0 aliphatic heterocycles. The molecule has 4 aliphatic rings. The Labute approximate surface area is 156 Å². The van der Waals surface area contributed by atoms with Gasteiger partial charge in [0.1, 0.15) is 16.3 Å². The van der Waals surface area contributed by atoms with E-state index in [9.17, 15) is 4.79 Å². The maximum atomic E-state index is 12.7. The van der Waals surface area contributed by atoms with Crippen molar-refractivity contribution in [2.75, 3.05) is 5.32 Å². The van der Waals surface area contributed by atoms with Crippen molar-refractivity contribution >= 4 is 22.4 Å². The van der Waals surface area contributed by atoms with E-state index in [0.29, 0.717) is 28.6 Å². The molecule has 4 fully saturated rings. The van der Waals surface area contributed by atoms with Crippen LogP contribution in [0.25, 0.3) is 0 Å². The highest BCUT2D eigenvalue weighted by Gasteiger charge is 2.53. The summed E-state index contributed by atoms with van der Waals surface area (Å²) in [6.07, 6.45) is 8.66. The first kappa shape index (κ1) is 16.4. The zero-order valence-corrected chi connectivity index (χ0v) is 16.1. The molecule has 1 amide bonds. The zero-order valence-electron chi connectivity index (χ0n) is 15.2. The van der Waals surface area contributed by atoms with Crippen LogP contribution in [0.2, 0.25) is 0 Å². The van der Waals surface area contributed by atoms with Crippen LogP contribution in [-0.4, -0.2) is 21.3 Å². The lowest BCUT2D eigenvalue weighted by molar-refractivity contribution is -0.00555. The Morgan fingerprint density at radius 1 is 1.19 bits per heavy atom. The van der Waals surface area contributed by atoms with Gasteiger partial charge in [0, 0.05) is 5.41 Å². The molecule has 2 heterocycles. The highest BCUT2D eigenvalue weighted by Crippen LogP contribution is 2.61. The summed E-state index contributed by atoms with van der Waals surface area (Å²) in [6.45, 7) is 3.73. The molecule has 0 unspecified atom stereocenters. The van der Waals surface area contributed by atoms with Crippen molar-refractivity contribution in [1.29, 1.82) is 0 Å². The fraction of sp³-hybridized carbons (Fsp3) is 0.684. The van der Waals surface area contributed by atoms with Gasteiger partial charge in [-0.25, -0.2) is 0 Å². The number of anilines is 1. The molecule has 6 nitrogen and oxygen atoms in total. The fourth-order valence-corrected chi connectivity index (χ4v) is 6.93. The summed E-state index contributed by atoms with van der Waals surface area (Å²) in [7, 11) is 0. The lowest BCUT2D eigenvalue weighted by Gasteiger charge is -2.55. The smallest absolute Gasteiger partial charge is 0.263 e. The molecule has 26 heavy (non-hydrogen) atoms. The van der Waals surface area contributed by atoms with Crippen LogP contribution < -0.4 is 5.32 Å². The van der Waals surface area contributed by atoms with Gasteiger partial charge in [-0.3, -0.25) is 10.1 Å². The number of hydrogen-bond donors (Lipinski definition) is 1.